The van der Waals surface area contributed by atoms with Gasteiger partial charge in [-0.25, -0.2) is 4.79 Å². The van der Waals surface area contributed by atoms with Crippen LogP contribution in [0.15, 0.2) is 0 Å². The minimum atomic E-state index is -4.88. The smallest absolute Gasteiger partial charge is 0.356 e. The lowest BCUT2D eigenvalue weighted by Crippen LogP contribution is -2.44. The zero-order chi connectivity index (χ0) is 10.8. The molecule has 0 radical (unpaired) electrons. The fraction of sp³-hybridized carbons (Fsp3) is 0.875. The summed E-state index contributed by atoms with van der Waals surface area (Å²) in [6.45, 7) is 2.06. The number of ether oxygens (including phenoxy) is 1. The molecular weight excluding hydrogens is 199 g/mol. The lowest BCUT2D eigenvalue weighted by Gasteiger charge is -2.32. The number of hydrogen-bond acceptors (Lipinski definition) is 2. The largest absolute Gasteiger partial charge is 0.576 e. The minimum Gasteiger partial charge on any atom is -0.356 e. The zero-order valence-electron chi connectivity index (χ0n) is 7.80. The van der Waals surface area contributed by atoms with Crippen LogP contribution in [-0.2, 0) is 4.74 Å². The third-order valence-corrected chi connectivity index (χ3v) is 2.24. The summed E-state index contributed by atoms with van der Waals surface area (Å²) >= 11 is 0. The van der Waals surface area contributed by atoms with Gasteiger partial charge in [-0.3, -0.25) is 0 Å². The van der Waals surface area contributed by atoms with Crippen LogP contribution in [0.3, 0.4) is 0 Å². The topological polar surface area (TPSA) is 29.5 Å². The van der Waals surface area contributed by atoms with Crippen molar-refractivity contribution in [1.82, 2.24) is 4.90 Å². The SMILES string of the molecule is CC1CCCCN1C(=O)OC(F)(F)F. The lowest BCUT2D eigenvalue weighted by atomic mass is 10.0. The highest BCUT2D eigenvalue weighted by Crippen LogP contribution is 2.22. The fourth-order valence-electron chi connectivity index (χ4n) is 1.53. The Morgan fingerprint density at radius 1 is 1.43 bits per heavy atom. The predicted octanol–water partition coefficient (Wildman–Crippen LogP) is 2.52. The first kappa shape index (κ1) is 11.1. The van der Waals surface area contributed by atoms with Gasteiger partial charge in [0, 0.05) is 12.6 Å². The van der Waals surface area contributed by atoms with E-state index in [0.29, 0.717) is 6.54 Å². The van der Waals surface area contributed by atoms with Crippen molar-refractivity contribution >= 4 is 6.09 Å². The van der Waals surface area contributed by atoms with Crippen LogP contribution in [0.5, 0.6) is 0 Å². The number of amides is 1. The van der Waals surface area contributed by atoms with E-state index in [0.717, 1.165) is 24.2 Å². The Kier molecular flexibility index (Phi) is 3.23. The molecule has 0 aliphatic carbocycles. The summed E-state index contributed by atoms with van der Waals surface area (Å²) in [6, 6.07) is -0.168. The second-order valence-corrected chi connectivity index (χ2v) is 3.35. The highest BCUT2D eigenvalue weighted by Gasteiger charge is 2.37. The van der Waals surface area contributed by atoms with Gasteiger partial charge in [-0.15, -0.1) is 13.2 Å². The van der Waals surface area contributed by atoms with Crippen molar-refractivity contribution in [1.29, 1.82) is 0 Å². The summed E-state index contributed by atoms with van der Waals surface area (Å²) in [5.41, 5.74) is 0. The molecule has 1 amide bonds. The first-order chi connectivity index (χ1) is 6.40. The van der Waals surface area contributed by atoms with Crippen molar-refractivity contribution in [2.24, 2.45) is 0 Å². The Balaban J connectivity index is 2.50. The molecule has 0 N–H and O–H groups in total. The molecule has 1 aliphatic heterocycles. The highest BCUT2D eigenvalue weighted by atomic mass is 19.4. The normalized spacial score (nSPS) is 23.4. The molecule has 0 aromatic carbocycles. The van der Waals surface area contributed by atoms with Crippen molar-refractivity contribution in [3.63, 3.8) is 0 Å². The quantitative estimate of drug-likeness (QED) is 0.616. The maximum Gasteiger partial charge on any atom is 0.576 e. The number of halogens is 3. The molecule has 0 saturated carbocycles. The molecule has 1 atom stereocenters. The molecule has 6 heteroatoms. The highest BCUT2D eigenvalue weighted by molar-refractivity contribution is 5.68. The molecule has 0 aromatic heterocycles. The van der Waals surface area contributed by atoms with Gasteiger partial charge in [0.05, 0.1) is 0 Å². The standard InChI is InChI=1S/C8H12F3NO2/c1-6-4-2-3-5-12(6)7(13)14-8(9,10)11/h6H,2-5H2,1H3. The van der Waals surface area contributed by atoms with Gasteiger partial charge in [-0.05, 0) is 26.2 Å². The molecule has 1 fully saturated rings. The number of rotatable bonds is 0. The number of carbonyl (C=O) groups is 1. The van der Waals surface area contributed by atoms with Crippen molar-refractivity contribution in [2.75, 3.05) is 6.54 Å². The average molecular weight is 211 g/mol. The average Bonchev–Trinajstić information content (AvgIpc) is 2.01. The van der Waals surface area contributed by atoms with E-state index in [1.54, 1.807) is 6.92 Å². The number of carbonyl (C=O) groups excluding carboxylic acids is 1. The van der Waals surface area contributed by atoms with E-state index in [1.807, 2.05) is 0 Å². The van der Waals surface area contributed by atoms with Crippen LogP contribution in [-0.4, -0.2) is 29.9 Å². The van der Waals surface area contributed by atoms with Crippen molar-refractivity contribution in [3.8, 4) is 0 Å². The Bertz CT molecular complexity index is 217. The summed E-state index contributed by atoms with van der Waals surface area (Å²) in [5.74, 6) is 0. The molecule has 3 nitrogen and oxygen atoms in total. The van der Waals surface area contributed by atoms with Gasteiger partial charge in [-0.2, -0.15) is 0 Å². The van der Waals surface area contributed by atoms with Gasteiger partial charge in [0.2, 0.25) is 0 Å². The van der Waals surface area contributed by atoms with E-state index in [2.05, 4.69) is 4.74 Å². The number of piperidine rings is 1. The summed E-state index contributed by atoms with van der Waals surface area (Å²) in [4.78, 5) is 12.1. The predicted molar refractivity (Wildman–Crippen MR) is 42.6 cm³/mol. The third kappa shape index (κ3) is 3.08. The zero-order valence-corrected chi connectivity index (χ0v) is 7.80. The fourth-order valence-corrected chi connectivity index (χ4v) is 1.53. The van der Waals surface area contributed by atoms with Crippen LogP contribution in [0.2, 0.25) is 0 Å². The van der Waals surface area contributed by atoms with Crippen LogP contribution >= 0.6 is 0 Å². The first-order valence-corrected chi connectivity index (χ1v) is 4.46. The molecule has 1 unspecified atom stereocenters. The number of alkyl halides is 3. The monoisotopic (exact) mass is 211 g/mol. The minimum absolute atomic E-state index is 0.168. The Labute approximate surface area is 79.8 Å². The number of likely N-dealkylation sites (tertiary alicyclic amines) is 1. The lowest BCUT2D eigenvalue weighted by molar-refractivity contribution is -0.295. The second kappa shape index (κ2) is 4.06. The van der Waals surface area contributed by atoms with Crippen LogP contribution in [0.4, 0.5) is 18.0 Å². The van der Waals surface area contributed by atoms with Crippen LogP contribution in [0.25, 0.3) is 0 Å². The van der Waals surface area contributed by atoms with Crippen LogP contribution in [0, 0.1) is 0 Å². The first-order valence-electron chi connectivity index (χ1n) is 4.46. The van der Waals surface area contributed by atoms with E-state index in [4.69, 9.17) is 0 Å². The maximum absolute atomic E-state index is 11.7. The summed E-state index contributed by atoms with van der Waals surface area (Å²) in [6.07, 6.45) is -3.76. The van der Waals surface area contributed by atoms with Gasteiger partial charge in [0.15, 0.2) is 0 Å². The Morgan fingerprint density at radius 3 is 2.57 bits per heavy atom. The van der Waals surface area contributed by atoms with E-state index >= 15 is 0 Å². The molecule has 0 spiro atoms. The summed E-state index contributed by atoms with van der Waals surface area (Å²) in [5, 5.41) is 0. The van der Waals surface area contributed by atoms with Crippen molar-refractivity contribution < 1.29 is 22.7 Å². The molecule has 82 valence electrons. The molecule has 1 rings (SSSR count). The summed E-state index contributed by atoms with van der Waals surface area (Å²) in [7, 11) is 0. The van der Waals surface area contributed by atoms with Gasteiger partial charge in [0.25, 0.3) is 0 Å². The molecule has 0 aromatic rings. The van der Waals surface area contributed by atoms with E-state index in [1.165, 1.54) is 0 Å². The van der Waals surface area contributed by atoms with E-state index < -0.39 is 12.5 Å². The number of hydrogen-bond donors (Lipinski definition) is 0. The maximum atomic E-state index is 11.7. The number of nitrogens with zero attached hydrogens (tertiary/aromatic N) is 1. The Morgan fingerprint density at radius 2 is 2.07 bits per heavy atom. The van der Waals surface area contributed by atoms with Gasteiger partial charge >= 0.3 is 12.5 Å². The van der Waals surface area contributed by atoms with Crippen molar-refractivity contribution in [3.05, 3.63) is 0 Å². The molecule has 1 heterocycles. The molecule has 1 saturated heterocycles. The van der Waals surface area contributed by atoms with E-state index in [-0.39, 0.29) is 6.04 Å². The Hall–Kier alpha value is -0.940. The van der Waals surface area contributed by atoms with Crippen LogP contribution in [0.1, 0.15) is 26.2 Å². The van der Waals surface area contributed by atoms with Gasteiger partial charge in [-0.1, -0.05) is 0 Å². The molecule has 0 bridgehead atoms. The van der Waals surface area contributed by atoms with Gasteiger partial charge in [0.1, 0.15) is 0 Å². The summed E-state index contributed by atoms with van der Waals surface area (Å²) < 4.78 is 38.5. The third-order valence-electron chi connectivity index (χ3n) is 2.24. The second-order valence-electron chi connectivity index (χ2n) is 3.35. The molecule has 14 heavy (non-hydrogen) atoms. The van der Waals surface area contributed by atoms with Gasteiger partial charge < -0.3 is 9.64 Å². The van der Waals surface area contributed by atoms with Crippen molar-refractivity contribution in [2.45, 2.75) is 38.6 Å². The molecule has 1 aliphatic rings. The van der Waals surface area contributed by atoms with Crippen LogP contribution < -0.4 is 0 Å². The molecular formula is C8H12F3NO2. The van der Waals surface area contributed by atoms with E-state index in [9.17, 15) is 18.0 Å².